The van der Waals surface area contributed by atoms with Gasteiger partial charge in [0, 0.05) is 23.1 Å². The molecule has 2 nitrogen and oxygen atoms in total. The maximum atomic E-state index is 6.24. The van der Waals surface area contributed by atoms with Crippen LogP contribution in [0.15, 0.2) is 36.4 Å². The molecule has 1 aromatic rings. The van der Waals surface area contributed by atoms with Gasteiger partial charge < -0.3 is 4.90 Å². The van der Waals surface area contributed by atoms with Crippen molar-refractivity contribution in [3.63, 3.8) is 0 Å². The third-order valence-electron chi connectivity index (χ3n) is 7.57. The molecule has 1 aliphatic heterocycles. The molecule has 1 aromatic carbocycles. The van der Waals surface area contributed by atoms with Gasteiger partial charge in [-0.2, -0.15) is 0 Å². The van der Waals surface area contributed by atoms with Crippen LogP contribution in [0.3, 0.4) is 0 Å². The van der Waals surface area contributed by atoms with Gasteiger partial charge in [-0.1, -0.05) is 56.2 Å². The molecule has 2 aliphatic rings. The van der Waals surface area contributed by atoms with E-state index in [2.05, 4.69) is 67.0 Å². The minimum absolute atomic E-state index is 0.151. The third-order valence-corrected chi connectivity index (χ3v) is 7.82. The van der Waals surface area contributed by atoms with E-state index in [4.69, 9.17) is 11.6 Å². The van der Waals surface area contributed by atoms with E-state index in [1.54, 1.807) is 0 Å². The minimum atomic E-state index is 0.151. The Balaban J connectivity index is 1.77. The largest absolute Gasteiger partial charge is 0.300 e. The Hall–Kier alpha value is -0.830. The van der Waals surface area contributed by atoms with Gasteiger partial charge in [-0.05, 0) is 95.1 Å². The molecule has 0 bridgehead atoms. The van der Waals surface area contributed by atoms with Gasteiger partial charge in [0.15, 0.2) is 0 Å². The molecule has 0 amide bonds. The number of rotatable bonds is 8. The molecule has 1 aliphatic carbocycles. The van der Waals surface area contributed by atoms with Crippen LogP contribution in [0.2, 0.25) is 5.02 Å². The summed E-state index contributed by atoms with van der Waals surface area (Å²) in [6, 6.07) is 9.51. The van der Waals surface area contributed by atoms with Gasteiger partial charge in [-0.3, -0.25) is 4.90 Å². The molecule has 162 valence electrons. The summed E-state index contributed by atoms with van der Waals surface area (Å²) in [5.74, 6) is 0.962. The lowest BCUT2D eigenvalue weighted by Gasteiger charge is -2.51. The minimum Gasteiger partial charge on any atom is -0.300 e. The van der Waals surface area contributed by atoms with Crippen molar-refractivity contribution in [2.45, 2.75) is 83.7 Å². The highest BCUT2D eigenvalue weighted by molar-refractivity contribution is 6.30. The van der Waals surface area contributed by atoms with Crippen LogP contribution in [0.25, 0.3) is 0 Å². The number of nitrogens with zero attached hydrogens (tertiary/aromatic N) is 2. The lowest BCUT2D eigenvalue weighted by atomic mass is 9.72. The van der Waals surface area contributed by atoms with Crippen LogP contribution in [0.5, 0.6) is 0 Å². The van der Waals surface area contributed by atoms with E-state index in [0.717, 1.165) is 30.1 Å². The Kier molecular flexibility index (Phi) is 8.65. The molecule has 0 unspecified atom stereocenters. The molecule has 1 heterocycles. The molecule has 2 fully saturated rings. The van der Waals surface area contributed by atoms with E-state index < -0.39 is 0 Å². The summed E-state index contributed by atoms with van der Waals surface area (Å²) in [6.07, 6.45) is 15.0. The van der Waals surface area contributed by atoms with Crippen LogP contribution < -0.4 is 0 Å². The number of hydrogen-bond donors (Lipinski definition) is 0. The zero-order valence-electron chi connectivity index (χ0n) is 18.9. The number of likely N-dealkylation sites (tertiary alicyclic amines) is 1. The maximum absolute atomic E-state index is 6.24. The molecule has 0 radical (unpaired) electrons. The van der Waals surface area contributed by atoms with Crippen LogP contribution in [0.4, 0.5) is 0 Å². The average molecular weight is 417 g/mol. The molecule has 0 spiro atoms. The Labute approximate surface area is 184 Å². The van der Waals surface area contributed by atoms with Gasteiger partial charge in [0.25, 0.3) is 0 Å². The second-order valence-corrected chi connectivity index (χ2v) is 9.61. The first-order chi connectivity index (χ1) is 14.1. The van der Waals surface area contributed by atoms with Crippen molar-refractivity contribution < 1.29 is 0 Å². The Morgan fingerprint density at radius 3 is 2.28 bits per heavy atom. The summed E-state index contributed by atoms with van der Waals surface area (Å²) in [7, 11) is 0. The predicted molar refractivity (Wildman–Crippen MR) is 127 cm³/mol. The van der Waals surface area contributed by atoms with Crippen LogP contribution in [0.1, 0.15) is 77.7 Å². The van der Waals surface area contributed by atoms with E-state index in [9.17, 15) is 0 Å². The fourth-order valence-corrected chi connectivity index (χ4v) is 5.83. The topological polar surface area (TPSA) is 6.48 Å². The number of halogens is 1. The average Bonchev–Trinajstić information content (AvgIpc) is 2.77. The van der Waals surface area contributed by atoms with E-state index in [1.165, 1.54) is 70.0 Å². The molecule has 0 aromatic heterocycles. The summed E-state index contributed by atoms with van der Waals surface area (Å²) < 4.78 is 0. The van der Waals surface area contributed by atoms with Crippen molar-refractivity contribution in [2.75, 3.05) is 26.2 Å². The SMILES string of the molecule is CC=CCN(CCC)C1(c2ccc(Cl)cc2)CCC(N2CCC(CC)CC2)CC1. The Morgan fingerprint density at radius 2 is 1.72 bits per heavy atom. The lowest BCUT2D eigenvalue weighted by Crippen LogP contribution is -2.52. The van der Waals surface area contributed by atoms with Gasteiger partial charge in [-0.25, -0.2) is 0 Å². The van der Waals surface area contributed by atoms with Crippen molar-refractivity contribution in [1.29, 1.82) is 0 Å². The van der Waals surface area contributed by atoms with E-state index >= 15 is 0 Å². The van der Waals surface area contributed by atoms with Crippen molar-refractivity contribution in [3.05, 3.63) is 47.0 Å². The zero-order valence-corrected chi connectivity index (χ0v) is 19.6. The molecule has 1 saturated carbocycles. The first kappa shape index (κ1) is 22.8. The number of piperidine rings is 1. The molecule has 29 heavy (non-hydrogen) atoms. The summed E-state index contributed by atoms with van der Waals surface area (Å²) in [5, 5.41) is 0.840. The smallest absolute Gasteiger partial charge is 0.0465 e. The molecule has 3 heteroatoms. The van der Waals surface area contributed by atoms with E-state index in [1.807, 2.05) is 0 Å². The normalized spacial score (nSPS) is 27.1. The predicted octanol–water partition coefficient (Wildman–Crippen LogP) is 6.89. The molecular weight excluding hydrogens is 376 g/mol. The molecule has 0 atom stereocenters. The van der Waals surface area contributed by atoms with Crippen LogP contribution in [0, 0.1) is 5.92 Å². The van der Waals surface area contributed by atoms with Crippen molar-refractivity contribution in [2.24, 2.45) is 5.92 Å². The number of allylic oxidation sites excluding steroid dienone is 1. The Morgan fingerprint density at radius 1 is 1.07 bits per heavy atom. The van der Waals surface area contributed by atoms with Crippen LogP contribution in [-0.2, 0) is 5.54 Å². The highest BCUT2D eigenvalue weighted by Crippen LogP contribution is 2.44. The number of benzene rings is 1. The van der Waals surface area contributed by atoms with E-state index in [0.29, 0.717) is 0 Å². The summed E-state index contributed by atoms with van der Waals surface area (Å²) in [4.78, 5) is 5.56. The third kappa shape index (κ3) is 5.46. The monoisotopic (exact) mass is 416 g/mol. The first-order valence-electron chi connectivity index (χ1n) is 12.0. The molecular formula is C26H41ClN2. The summed E-state index contributed by atoms with van der Waals surface area (Å²) in [5.41, 5.74) is 1.61. The first-order valence-corrected chi connectivity index (χ1v) is 12.4. The zero-order chi connectivity index (χ0) is 20.7. The van der Waals surface area contributed by atoms with Crippen molar-refractivity contribution >= 4 is 11.6 Å². The van der Waals surface area contributed by atoms with Gasteiger partial charge in [0.2, 0.25) is 0 Å². The van der Waals surface area contributed by atoms with E-state index in [-0.39, 0.29) is 5.54 Å². The highest BCUT2D eigenvalue weighted by atomic mass is 35.5. The number of hydrogen-bond acceptors (Lipinski definition) is 2. The van der Waals surface area contributed by atoms with Crippen LogP contribution >= 0.6 is 11.6 Å². The standard InChI is InChI=1S/C26H41ClN2/c1-4-7-19-29(18-5-2)26(23-8-10-24(27)11-9-23)16-12-25(13-17-26)28-20-14-22(6-3)15-21-28/h4,7-11,22,25H,5-6,12-21H2,1-3H3. The van der Waals surface area contributed by atoms with Crippen molar-refractivity contribution in [1.82, 2.24) is 9.80 Å². The lowest BCUT2D eigenvalue weighted by molar-refractivity contribution is 0.0145. The van der Waals surface area contributed by atoms with Gasteiger partial charge in [-0.15, -0.1) is 0 Å². The molecule has 0 N–H and O–H groups in total. The second-order valence-electron chi connectivity index (χ2n) is 9.17. The second kappa shape index (κ2) is 11.0. The summed E-state index contributed by atoms with van der Waals surface area (Å²) in [6.45, 7) is 11.6. The maximum Gasteiger partial charge on any atom is 0.0465 e. The fourth-order valence-electron chi connectivity index (χ4n) is 5.70. The molecule has 3 rings (SSSR count). The molecule has 1 saturated heterocycles. The van der Waals surface area contributed by atoms with Crippen molar-refractivity contribution in [3.8, 4) is 0 Å². The highest BCUT2D eigenvalue weighted by Gasteiger charge is 2.42. The van der Waals surface area contributed by atoms with Crippen LogP contribution in [-0.4, -0.2) is 42.0 Å². The quantitative estimate of drug-likeness (QED) is 0.425. The Bertz CT molecular complexity index is 623. The van der Waals surface area contributed by atoms with Gasteiger partial charge in [0.05, 0.1) is 0 Å². The summed E-state index contributed by atoms with van der Waals surface area (Å²) >= 11 is 6.24. The van der Waals surface area contributed by atoms with Gasteiger partial charge >= 0.3 is 0 Å². The fraction of sp³-hybridized carbons (Fsp3) is 0.692. The van der Waals surface area contributed by atoms with Gasteiger partial charge in [0.1, 0.15) is 0 Å².